The molecule has 0 aliphatic rings. The van der Waals surface area contributed by atoms with E-state index in [9.17, 15) is 4.79 Å². The third-order valence-electron chi connectivity index (χ3n) is 5.16. The molecule has 0 unspecified atom stereocenters. The molecular weight excluding hydrogens is 390 g/mol. The molecule has 6 nitrogen and oxygen atoms in total. The van der Waals surface area contributed by atoms with E-state index < -0.39 is 0 Å². The van der Waals surface area contributed by atoms with E-state index in [-0.39, 0.29) is 5.91 Å². The second-order valence-corrected chi connectivity index (χ2v) is 7.19. The minimum atomic E-state index is -0.107. The average molecular weight is 415 g/mol. The van der Waals surface area contributed by atoms with Crippen LogP contribution in [0.1, 0.15) is 21.7 Å². The molecule has 3 aromatic carbocycles. The summed E-state index contributed by atoms with van der Waals surface area (Å²) in [5, 5.41) is 3.00. The van der Waals surface area contributed by atoms with Gasteiger partial charge in [0.15, 0.2) is 0 Å². The first-order valence-corrected chi connectivity index (χ1v) is 10.2. The minimum Gasteiger partial charge on any atom is -0.497 e. The van der Waals surface area contributed by atoms with Crippen LogP contribution < -0.4 is 14.8 Å². The van der Waals surface area contributed by atoms with Gasteiger partial charge in [0.05, 0.1) is 31.2 Å². The van der Waals surface area contributed by atoms with Crippen LogP contribution in [0.15, 0.2) is 72.8 Å². The van der Waals surface area contributed by atoms with Crippen LogP contribution >= 0.6 is 0 Å². The van der Waals surface area contributed by atoms with E-state index in [1.54, 1.807) is 7.11 Å². The number of methoxy groups -OCH3 is 1. The van der Waals surface area contributed by atoms with Crippen molar-refractivity contribution in [3.05, 3.63) is 89.7 Å². The summed E-state index contributed by atoms with van der Waals surface area (Å²) >= 11 is 0. The van der Waals surface area contributed by atoms with Crippen LogP contribution in [-0.4, -0.2) is 29.2 Å². The van der Waals surface area contributed by atoms with Crippen LogP contribution in [0, 0.1) is 6.92 Å². The van der Waals surface area contributed by atoms with E-state index in [1.165, 1.54) is 0 Å². The standard InChI is InChI=1S/C25H25N3O3/c1-18-8-3-4-11-21(18)25(29)26-17-24-27-22-12-5-6-13-23(22)28(24)14-15-31-20-10-7-9-19(16-20)30-2/h3-13,16H,14-15,17H2,1-2H3,(H,26,29). The topological polar surface area (TPSA) is 65.4 Å². The highest BCUT2D eigenvalue weighted by molar-refractivity contribution is 5.95. The summed E-state index contributed by atoms with van der Waals surface area (Å²) in [5.41, 5.74) is 3.52. The number of benzene rings is 3. The normalized spacial score (nSPS) is 10.8. The molecule has 1 heterocycles. The fraction of sp³-hybridized carbons (Fsp3) is 0.200. The number of carbonyl (C=O) groups excluding carboxylic acids is 1. The van der Waals surface area contributed by atoms with Gasteiger partial charge in [0.25, 0.3) is 5.91 Å². The maximum absolute atomic E-state index is 12.6. The smallest absolute Gasteiger partial charge is 0.251 e. The molecule has 0 bridgehead atoms. The SMILES string of the molecule is COc1cccc(OCCn2c(CNC(=O)c3ccccc3C)nc3ccccc32)c1. The second-order valence-electron chi connectivity index (χ2n) is 7.19. The van der Waals surface area contributed by atoms with Crippen LogP contribution in [-0.2, 0) is 13.1 Å². The van der Waals surface area contributed by atoms with Crippen LogP contribution in [0.2, 0.25) is 0 Å². The molecule has 4 aromatic rings. The molecule has 0 fully saturated rings. The predicted octanol–water partition coefficient (Wildman–Crippen LogP) is 4.36. The number of aryl methyl sites for hydroxylation is 1. The van der Waals surface area contributed by atoms with Crippen molar-refractivity contribution < 1.29 is 14.3 Å². The molecule has 0 aliphatic heterocycles. The highest BCUT2D eigenvalue weighted by Crippen LogP contribution is 2.20. The van der Waals surface area contributed by atoms with Gasteiger partial charge in [-0.05, 0) is 42.8 Å². The van der Waals surface area contributed by atoms with Crippen LogP contribution in [0.5, 0.6) is 11.5 Å². The van der Waals surface area contributed by atoms with Crippen LogP contribution in [0.3, 0.4) is 0 Å². The summed E-state index contributed by atoms with van der Waals surface area (Å²) in [4.78, 5) is 17.4. The molecule has 0 atom stereocenters. The van der Waals surface area contributed by atoms with Gasteiger partial charge in [-0.25, -0.2) is 4.98 Å². The van der Waals surface area contributed by atoms with E-state index in [1.807, 2.05) is 79.7 Å². The number of fused-ring (bicyclic) bond motifs is 1. The zero-order valence-corrected chi connectivity index (χ0v) is 17.7. The van der Waals surface area contributed by atoms with Crippen molar-refractivity contribution in [1.82, 2.24) is 14.9 Å². The Morgan fingerprint density at radius 2 is 1.77 bits per heavy atom. The number of carbonyl (C=O) groups is 1. The van der Waals surface area contributed by atoms with Crippen molar-refractivity contribution >= 4 is 16.9 Å². The average Bonchev–Trinajstić information content (AvgIpc) is 3.15. The van der Waals surface area contributed by atoms with E-state index in [2.05, 4.69) is 9.88 Å². The van der Waals surface area contributed by atoms with E-state index >= 15 is 0 Å². The van der Waals surface area contributed by atoms with E-state index in [0.29, 0.717) is 25.3 Å². The predicted molar refractivity (Wildman–Crippen MR) is 121 cm³/mol. The molecular formula is C25H25N3O3. The number of para-hydroxylation sites is 2. The summed E-state index contributed by atoms with van der Waals surface area (Å²) < 4.78 is 13.3. The van der Waals surface area contributed by atoms with Gasteiger partial charge in [-0.3, -0.25) is 4.79 Å². The first-order chi connectivity index (χ1) is 15.2. The molecule has 31 heavy (non-hydrogen) atoms. The number of rotatable bonds is 8. The molecule has 0 aliphatic carbocycles. The second kappa shape index (κ2) is 9.34. The molecule has 1 aromatic heterocycles. The Morgan fingerprint density at radius 1 is 1.00 bits per heavy atom. The zero-order chi connectivity index (χ0) is 21.6. The lowest BCUT2D eigenvalue weighted by molar-refractivity contribution is 0.0949. The van der Waals surface area contributed by atoms with Gasteiger partial charge < -0.3 is 19.4 Å². The number of amides is 1. The van der Waals surface area contributed by atoms with Crippen LogP contribution in [0.4, 0.5) is 0 Å². The Hall–Kier alpha value is -3.80. The maximum Gasteiger partial charge on any atom is 0.251 e. The van der Waals surface area contributed by atoms with Crippen LogP contribution in [0.25, 0.3) is 11.0 Å². The lowest BCUT2D eigenvalue weighted by atomic mass is 10.1. The molecule has 0 saturated carbocycles. The van der Waals surface area contributed by atoms with Gasteiger partial charge in [0.1, 0.15) is 23.9 Å². The summed E-state index contributed by atoms with van der Waals surface area (Å²) in [6.45, 7) is 3.33. The zero-order valence-electron chi connectivity index (χ0n) is 17.7. The number of hydrogen-bond donors (Lipinski definition) is 1. The molecule has 0 radical (unpaired) electrons. The van der Waals surface area contributed by atoms with Gasteiger partial charge in [-0.15, -0.1) is 0 Å². The van der Waals surface area contributed by atoms with Gasteiger partial charge in [0, 0.05) is 11.6 Å². The number of aromatic nitrogens is 2. The van der Waals surface area contributed by atoms with Gasteiger partial charge in [-0.2, -0.15) is 0 Å². The number of imidazole rings is 1. The van der Waals surface area contributed by atoms with Crippen molar-refractivity contribution in [3.63, 3.8) is 0 Å². The Morgan fingerprint density at radius 3 is 2.61 bits per heavy atom. The van der Waals surface area contributed by atoms with Crippen molar-refractivity contribution in [1.29, 1.82) is 0 Å². The minimum absolute atomic E-state index is 0.107. The first kappa shape index (κ1) is 20.5. The number of nitrogens with one attached hydrogen (secondary N) is 1. The largest absolute Gasteiger partial charge is 0.497 e. The van der Waals surface area contributed by atoms with Crippen molar-refractivity contribution in [2.75, 3.05) is 13.7 Å². The monoisotopic (exact) mass is 415 g/mol. The summed E-state index contributed by atoms with van der Waals surface area (Å²) in [7, 11) is 1.63. The van der Waals surface area contributed by atoms with Gasteiger partial charge >= 0.3 is 0 Å². The fourth-order valence-electron chi connectivity index (χ4n) is 3.54. The number of ether oxygens (including phenoxy) is 2. The lowest BCUT2D eigenvalue weighted by Gasteiger charge is -2.12. The van der Waals surface area contributed by atoms with Crippen molar-refractivity contribution in [2.45, 2.75) is 20.0 Å². The maximum atomic E-state index is 12.6. The fourth-order valence-corrected chi connectivity index (χ4v) is 3.54. The third kappa shape index (κ3) is 4.69. The Labute approximate surface area is 181 Å². The molecule has 6 heteroatoms. The molecule has 0 saturated heterocycles. The number of hydrogen-bond acceptors (Lipinski definition) is 4. The summed E-state index contributed by atoms with van der Waals surface area (Å²) in [6, 6.07) is 23.0. The highest BCUT2D eigenvalue weighted by Gasteiger charge is 2.13. The third-order valence-corrected chi connectivity index (χ3v) is 5.16. The summed E-state index contributed by atoms with van der Waals surface area (Å²) in [6.07, 6.45) is 0. The highest BCUT2D eigenvalue weighted by atomic mass is 16.5. The molecule has 0 spiro atoms. The molecule has 1 N–H and O–H groups in total. The Bertz CT molecular complexity index is 1200. The van der Waals surface area contributed by atoms with Crippen molar-refractivity contribution in [3.8, 4) is 11.5 Å². The Kier molecular flexibility index (Phi) is 6.17. The Balaban J connectivity index is 1.49. The lowest BCUT2D eigenvalue weighted by Crippen LogP contribution is -2.26. The van der Waals surface area contributed by atoms with Crippen molar-refractivity contribution in [2.24, 2.45) is 0 Å². The number of nitrogens with zero attached hydrogens (tertiary/aromatic N) is 2. The quantitative estimate of drug-likeness (QED) is 0.464. The summed E-state index contributed by atoms with van der Waals surface area (Å²) in [5.74, 6) is 2.19. The van der Waals surface area contributed by atoms with E-state index in [0.717, 1.165) is 33.9 Å². The molecule has 4 rings (SSSR count). The molecule has 1 amide bonds. The molecule has 158 valence electrons. The van der Waals surface area contributed by atoms with Gasteiger partial charge in [-0.1, -0.05) is 36.4 Å². The van der Waals surface area contributed by atoms with E-state index in [4.69, 9.17) is 14.5 Å². The first-order valence-electron chi connectivity index (χ1n) is 10.2. The van der Waals surface area contributed by atoms with Gasteiger partial charge in [0.2, 0.25) is 0 Å².